The van der Waals surface area contributed by atoms with Crippen molar-refractivity contribution in [1.29, 1.82) is 0 Å². The van der Waals surface area contributed by atoms with Crippen molar-refractivity contribution < 1.29 is 24.0 Å². The summed E-state index contributed by atoms with van der Waals surface area (Å²) in [5.41, 5.74) is -0.379. The van der Waals surface area contributed by atoms with Crippen LogP contribution in [0.1, 0.15) is 27.6 Å². The largest absolute Gasteiger partial charge is 0.465 e. The molecule has 1 atom stereocenters. The van der Waals surface area contributed by atoms with Crippen LogP contribution in [0, 0.1) is 16.0 Å². The highest BCUT2D eigenvalue weighted by Crippen LogP contribution is 2.30. The lowest BCUT2D eigenvalue weighted by atomic mass is 10.0. The number of ether oxygens (including phenoxy) is 1. The third kappa shape index (κ3) is 1.99. The molecule has 0 amide bonds. The van der Waals surface area contributed by atoms with Gasteiger partial charge in [-0.2, -0.15) is 0 Å². The van der Waals surface area contributed by atoms with Gasteiger partial charge in [-0.3, -0.25) is 24.5 Å². The maximum absolute atomic E-state index is 12.0. The van der Waals surface area contributed by atoms with Crippen molar-refractivity contribution in [2.75, 3.05) is 6.61 Å². The summed E-state index contributed by atoms with van der Waals surface area (Å²) in [5.74, 6) is -3.87. The normalized spacial score (nSPS) is 17.2. The number of carbonyl (C=O) groups is 3. The van der Waals surface area contributed by atoms with Crippen LogP contribution in [0.2, 0.25) is 0 Å². The molecule has 0 N–H and O–H groups in total. The minimum absolute atomic E-state index is 0.0219. The number of nitrogens with zero attached hydrogens (tertiary/aromatic N) is 1. The van der Waals surface area contributed by atoms with Crippen molar-refractivity contribution >= 4 is 23.2 Å². The van der Waals surface area contributed by atoms with E-state index in [0.717, 1.165) is 12.1 Å². The van der Waals surface area contributed by atoms with Crippen LogP contribution in [0.5, 0.6) is 0 Å². The standard InChI is InChI=1S/C12H9NO6/c1-2-19-12(16)9-10(14)7-4-3-6(13(17)18)5-8(7)11(9)15/h3-5,9H,2H2,1H3/t9-/m1/s1. The number of non-ortho nitro benzene ring substituents is 1. The van der Waals surface area contributed by atoms with Crippen LogP contribution >= 0.6 is 0 Å². The smallest absolute Gasteiger partial charge is 0.324 e. The van der Waals surface area contributed by atoms with Crippen LogP contribution in [0.15, 0.2) is 18.2 Å². The van der Waals surface area contributed by atoms with Crippen molar-refractivity contribution in [2.45, 2.75) is 6.92 Å². The van der Waals surface area contributed by atoms with E-state index in [9.17, 15) is 24.5 Å². The molecule has 0 unspecified atom stereocenters. The van der Waals surface area contributed by atoms with Gasteiger partial charge in [0, 0.05) is 23.3 Å². The Morgan fingerprint density at radius 2 is 1.95 bits per heavy atom. The molecule has 0 aliphatic heterocycles. The van der Waals surface area contributed by atoms with E-state index in [2.05, 4.69) is 4.74 Å². The lowest BCUT2D eigenvalue weighted by Crippen LogP contribution is -2.27. The second kappa shape index (κ2) is 4.60. The number of esters is 1. The molecule has 7 nitrogen and oxygen atoms in total. The molecular formula is C12H9NO6. The number of hydrogen-bond acceptors (Lipinski definition) is 6. The summed E-state index contributed by atoms with van der Waals surface area (Å²) in [4.78, 5) is 45.4. The summed E-state index contributed by atoms with van der Waals surface area (Å²) in [6.45, 7) is 1.60. The van der Waals surface area contributed by atoms with Crippen molar-refractivity contribution in [3.63, 3.8) is 0 Å². The molecule has 0 bridgehead atoms. The highest BCUT2D eigenvalue weighted by Gasteiger charge is 2.45. The van der Waals surface area contributed by atoms with Crippen LogP contribution in [0.4, 0.5) is 5.69 Å². The van der Waals surface area contributed by atoms with Gasteiger partial charge in [0.1, 0.15) is 0 Å². The Morgan fingerprint density at radius 3 is 2.53 bits per heavy atom. The number of nitro benzene ring substituents is 1. The van der Waals surface area contributed by atoms with Crippen LogP contribution in [0.25, 0.3) is 0 Å². The van der Waals surface area contributed by atoms with E-state index in [4.69, 9.17) is 0 Å². The van der Waals surface area contributed by atoms with Gasteiger partial charge in [-0.1, -0.05) is 0 Å². The predicted molar refractivity (Wildman–Crippen MR) is 61.9 cm³/mol. The van der Waals surface area contributed by atoms with Gasteiger partial charge in [0.05, 0.1) is 11.5 Å². The third-order valence-corrected chi connectivity index (χ3v) is 2.79. The van der Waals surface area contributed by atoms with Crippen LogP contribution in [0.3, 0.4) is 0 Å². The minimum atomic E-state index is -1.53. The molecule has 19 heavy (non-hydrogen) atoms. The molecule has 1 aliphatic carbocycles. The SMILES string of the molecule is CCOC(=O)[C@@H]1C(=O)c2ccc([N+](=O)[O-])cc2C1=O. The third-order valence-electron chi connectivity index (χ3n) is 2.79. The summed E-state index contributed by atoms with van der Waals surface area (Å²) >= 11 is 0. The van der Waals surface area contributed by atoms with Crippen LogP contribution in [-0.4, -0.2) is 29.1 Å². The van der Waals surface area contributed by atoms with Gasteiger partial charge in [0.25, 0.3) is 5.69 Å². The molecular weight excluding hydrogens is 254 g/mol. The van der Waals surface area contributed by atoms with Gasteiger partial charge in [0.15, 0.2) is 17.5 Å². The number of rotatable bonds is 3. The fourth-order valence-electron chi connectivity index (χ4n) is 1.93. The van der Waals surface area contributed by atoms with E-state index < -0.39 is 28.4 Å². The molecule has 0 fully saturated rings. The van der Waals surface area contributed by atoms with Gasteiger partial charge >= 0.3 is 5.97 Å². The maximum Gasteiger partial charge on any atom is 0.324 e. The second-order valence-corrected chi connectivity index (χ2v) is 3.90. The van der Waals surface area contributed by atoms with Gasteiger partial charge in [-0.15, -0.1) is 0 Å². The number of carbonyl (C=O) groups excluding carboxylic acids is 3. The Kier molecular flexibility index (Phi) is 3.12. The topological polar surface area (TPSA) is 104 Å². The number of fused-ring (bicyclic) bond motifs is 1. The molecule has 0 heterocycles. The fraction of sp³-hybridized carbons (Fsp3) is 0.250. The number of nitro groups is 1. The molecule has 2 rings (SSSR count). The predicted octanol–water partition coefficient (Wildman–Crippen LogP) is 1.15. The lowest BCUT2D eigenvalue weighted by Gasteiger charge is -2.05. The van der Waals surface area contributed by atoms with Crippen LogP contribution in [-0.2, 0) is 9.53 Å². The van der Waals surface area contributed by atoms with E-state index in [1.165, 1.54) is 6.07 Å². The van der Waals surface area contributed by atoms with E-state index in [1.54, 1.807) is 6.92 Å². The number of benzene rings is 1. The average Bonchev–Trinajstić information content (AvgIpc) is 2.62. The van der Waals surface area contributed by atoms with E-state index in [-0.39, 0.29) is 23.4 Å². The first-order valence-electron chi connectivity index (χ1n) is 5.51. The first-order chi connectivity index (χ1) is 8.97. The maximum atomic E-state index is 12.0. The van der Waals surface area contributed by atoms with E-state index in [0.29, 0.717) is 0 Å². The molecule has 0 spiro atoms. The number of ketones is 2. The minimum Gasteiger partial charge on any atom is -0.465 e. The Morgan fingerprint density at radius 1 is 1.32 bits per heavy atom. The van der Waals surface area contributed by atoms with Crippen molar-refractivity contribution in [3.05, 3.63) is 39.4 Å². The molecule has 1 aromatic carbocycles. The van der Waals surface area contributed by atoms with Gasteiger partial charge < -0.3 is 4.74 Å². The van der Waals surface area contributed by atoms with Crippen LogP contribution < -0.4 is 0 Å². The summed E-state index contributed by atoms with van der Waals surface area (Å²) in [6, 6.07) is 3.32. The summed E-state index contributed by atoms with van der Waals surface area (Å²) in [5, 5.41) is 10.6. The van der Waals surface area contributed by atoms with Crippen molar-refractivity contribution in [3.8, 4) is 0 Å². The molecule has 7 heteroatoms. The summed E-state index contributed by atoms with van der Waals surface area (Å²) < 4.78 is 4.66. The first kappa shape index (κ1) is 12.9. The molecule has 98 valence electrons. The molecule has 1 aliphatic rings. The summed E-state index contributed by atoms with van der Waals surface area (Å²) in [7, 11) is 0. The highest BCUT2D eigenvalue weighted by molar-refractivity contribution is 6.34. The van der Waals surface area contributed by atoms with Crippen molar-refractivity contribution in [1.82, 2.24) is 0 Å². The molecule has 0 aromatic heterocycles. The molecule has 1 aromatic rings. The van der Waals surface area contributed by atoms with Gasteiger partial charge in [-0.05, 0) is 13.0 Å². The summed E-state index contributed by atoms with van der Waals surface area (Å²) in [6.07, 6.45) is 0. The fourth-order valence-corrected chi connectivity index (χ4v) is 1.93. The Bertz CT molecular complexity index is 606. The Balaban J connectivity index is 2.44. The zero-order valence-corrected chi connectivity index (χ0v) is 9.91. The number of Topliss-reactive ketones (excluding diaryl/α,β-unsaturated/α-hetero) is 2. The van der Waals surface area contributed by atoms with Crippen molar-refractivity contribution in [2.24, 2.45) is 5.92 Å². The Labute approximate surface area is 107 Å². The zero-order valence-electron chi connectivity index (χ0n) is 9.91. The quantitative estimate of drug-likeness (QED) is 0.350. The van der Waals surface area contributed by atoms with E-state index in [1.807, 2.05) is 0 Å². The lowest BCUT2D eigenvalue weighted by molar-refractivity contribution is -0.384. The second-order valence-electron chi connectivity index (χ2n) is 3.90. The monoisotopic (exact) mass is 263 g/mol. The molecule has 0 saturated heterocycles. The van der Waals surface area contributed by atoms with Gasteiger partial charge in [0.2, 0.25) is 0 Å². The Hall–Kier alpha value is -2.57. The number of hydrogen-bond donors (Lipinski definition) is 0. The molecule has 0 saturated carbocycles. The highest BCUT2D eigenvalue weighted by atomic mass is 16.6. The zero-order chi connectivity index (χ0) is 14.2. The first-order valence-corrected chi connectivity index (χ1v) is 5.51. The average molecular weight is 263 g/mol. The van der Waals surface area contributed by atoms with Gasteiger partial charge in [-0.25, -0.2) is 0 Å². The molecule has 0 radical (unpaired) electrons. The van der Waals surface area contributed by atoms with E-state index >= 15 is 0 Å².